The number of carbonyl (C=O) groups excluding carboxylic acids is 1. The minimum absolute atomic E-state index is 0.126. The van der Waals surface area contributed by atoms with Crippen LogP contribution in [-0.2, 0) is 17.9 Å². The fourth-order valence-electron chi connectivity index (χ4n) is 2.37. The van der Waals surface area contributed by atoms with Crippen LogP contribution < -0.4 is 11.1 Å². The Labute approximate surface area is 121 Å². The Hall–Kier alpha value is -1.39. The van der Waals surface area contributed by atoms with E-state index in [4.69, 9.17) is 5.73 Å². The lowest BCUT2D eigenvalue weighted by molar-refractivity contribution is -0.125. The van der Waals surface area contributed by atoms with Crippen molar-refractivity contribution < 1.29 is 4.79 Å². The fourth-order valence-corrected chi connectivity index (χ4v) is 2.37. The molecule has 0 bridgehead atoms. The van der Waals surface area contributed by atoms with Crippen LogP contribution in [0.25, 0.3) is 0 Å². The maximum Gasteiger partial charge on any atom is 0.239 e. The SMILES string of the molecule is CC(C)(N)C(=O)NCc1ccc(CN2CCCC2)cc1. The van der Waals surface area contributed by atoms with Gasteiger partial charge in [0.05, 0.1) is 5.54 Å². The van der Waals surface area contributed by atoms with Gasteiger partial charge in [-0.2, -0.15) is 0 Å². The number of hydrogen-bond acceptors (Lipinski definition) is 3. The normalized spacial score (nSPS) is 16.4. The van der Waals surface area contributed by atoms with Crippen LogP contribution in [0.3, 0.4) is 0 Å². The van der Waals surface area contributed by atoms with Gasteiger partial charge in [-0.1, -0.05) is 24.3 Å². The van der Waals surface area contributed by atoms with Gasteiger partial charge in [0.2, 0.25) is 5.91 Å². The molecule has 0 aromatic heterocycles. The van der Waals surface area contributed by atoms with Crippen molar-refractivity contribution in [1.82, 2.24) is 10.2 Å². The van der Waals surface area contributed by atoms with Crippen molar-refractivity contribution in [3.8, 4) is 0 Å². The number of rotatable bonds is 5. The Morgan fingerprint density at radius 2 is 1.75 bits per heavy atom. The maximum atomic E-state index is 11.7. The molecular weight excluding hydrogens is 250 g/mol. The molecule has 1 aliphatic heterocycles. The van der Waals surface area contributed by atoms with E-state index in [1.165, 1.54) is 31.5 Å². The molecule has 1 aromatic rings. The molecule has 0 spiro atoms. The molecule has 0 atom stereocenters. The minimum Gasteiger partial charge on any atom is -0.350 e. The minimum atomic E-state index is -0.824. The zero-order valence-corrected chi connectivity index (χ0v) is 12.5. The molecule has 1 heterocycles. The van der Waals surface area contributed by atoms with Gasteiger partial charge in [0.25, 0.3) is 0 Å². The van der Waals surface area contributed by atoms with Crippen LogP contribution in [-0.4, -0.2) is 29.4 Å². The summed E-state index contributed by atoms with van der Waals surface area (Å²) in [5.41, 5.74) is 7.36. The van der Waals surface area contributed by atoms with Crippen molar-refractivity contribution in [3.63, 3.8) is 0 Å². The van der Waals surface area contributed by atoms with Crippen molar-refractivity contribution in [2.45, 2.75) is 45.3 Å². The summed E-state index contributed by atoms with van der Waals surface area (Å²) in [5, 5.41) is 2.86. The maximum absolute atomic E-state index is 11.7. The van der Waals surface area contributed by atoms with Crippen molar-refractivity contribution in [2.75, 3.05) is 13.1 Å². The number of likely N-dealkylation sites (tertiary alicyclic amines) is 1. The number of nitrogens with one attached hydrogen (secondary N) is 1. The molecule has 4 nitrogen and oxygen atoms in total. The molecule has 3 N–H and O–H groups in total. The number of amides is 1. The summed E-state index contributed by atoms with van der Waals surface area (Å²) >= 11 is 0. The fraction of sp³-hybridized carbons (Fsp3) is 0.562. The van der Waals surface area contributed by atoms with Crippen LogP contribution in [0, 0.1) is 0 Å². The van der Waals surface area contributed by atoms with Gasteiger partial charge in [0.1, 0.15) is 0 Å². The first-order chi connectivity index (χ1) is 9.45. The third-order valence-corrected chi connectivity index (χ3v) is 3.67. The first-order valence-corrected chi connectivity index (χ1v) is 7.32. The lowest BCUT2D eigenvalue weighted by Gasteiger charge is -2.18. The molecule has 20 heavy (non-hydrogen) atoms. The summed E-state index contributed by atoms with van der Waals surface area (Å²) in [7, 11) is 0. The highest BCUT2D eigenvalue weighted by Gasteiger charge is 2.21. The monoisotopic (exact) mass is 275 g/mol. The Morgan fingerprint density at radius 3 is 2.30 bits per heavy atom. The van der Waals surface area contributed by atoms with Crippen LogP contribution in [0.4, 0.5) is 0 Å². The number of benzene rings is 1. The molecule has 1 aromatic carbocycles. The summed E-state index contributed by atoms with van der Waals surface area (Å²) in [5.74, 6) is -0.126. The van der Waals surface area contributed by atoms with Crippen LogP contribution in [0.15, 0.2) is 24.3 Å². The van der Waals surface area contributed by atoms with Gasteiger partial charge < -0.3 is 11.1 Å². The molecule has 110 valence electrons. The molecule has 1 amide bonds. The third kappa shape index (κ3) is 4.32. The second kappa shape index (κ2) is 6.37. The van der Waals surface area contributed by atoms with Gasteiger partial charge in [-0.25, -0.2) is 0 Å². The predicted octanol–water partition coefficient (Wildman–Crippen LogP) is 1.64. The lowest BCUT2D eigenvalue weighted by Crippen LogP contribution is -2.48. The van der Waals surface area contributed by atoms with E-state index >= 15 is 0 Å². The van der Waals surface area contributed by atoms with Crippen LogP contribution in [0.5, 0.6) is 0 Å². The van der Waals surface area contributed by atoms with E-state index in [0.717, 1.165) is 12.1 Å². The molecule has 0 saturated carbocycles. The molecule has 1 aliphatic rings. The molecule has 0 radical (unpaired) electrons. The van der Waals surface area contributed by atoms with Gasteiger partial charge in [-0.15, -0.1) is 0 Å². The summed E-state index contributed by atoms with van der Waals surface area (Å²) in [6, 6.07) is 8.45. The number of nitrogens with zero attached hydrogens (tertiary/aromatic N) is 1. The van der Waals surface area contributed by atoms with Gasteiger partial charge >= 0.3 is 0 Å². The second-order valence-electron chi connectivity index (χ2n) is 6.20. The molecular formula is C16H25N3O. The largest absolute Gasteiger partial charge is 0.350 e. The number of carbonyl (C=O) groups is 1. The number of hydrogen-bond donors (Lipinski definition) is 2. The summed E-state index contributed by atoms with van der Waals surface area (Å²) in [6.07, 6.45) is 2.64. The van der Waals surface area contributed by atoms with E-state index in [2.05, 4.69) is 34.5 Å². The summed E-state index contributed by atoms with van der Waals surface area (Å²) in [6.45, 7) is 7.40. The van der Waals surface area contributed by atoms with Crippen molar-refractivity contribution in [3.05, 3.63) is 35.4 Å². The highest BCUT2D eigenvalue weighted by Crippen LogP contribution is 2.13. The highest BCUT2D eigenvalue weighted by molar-refractivity contribution is 5.84. The molecule has 1 saturated heterocycles. The van der Waals surface area contributed by atoms with Crippen molar-refractivity contribution in [1.29, 1.82) is 0 Å². The van der Waals surface area contributed by atoms with Gasteiger partial charge in [0.15, 0.2) is 0 Å². The van der Waals surface area contributed by atoms with Crippen molar-refractivity contribution >= 4 is 5.91 Å². The molecule has 0 aliphatic carbocycles. The first-order valence-electron chi connectivity index (χ1n) is 7.32. The summed E-state index contributed by atoms with van der Waals surface area (Å²) < 4.78 is 0. The lowest BCUT2D eigenvalue weighted by atomic mass is 10.1. The quantitative estimate of drug-likeness (QED) is 0.859. The molecule has 0 unspecified atom stereocenters. The smallest absolute Gasteiger partial charge is 0.239 e. The van der Waals surface area contributed by atoms with Crippen molar-refractivity contribution in [2.24, 2.45) is 5.73 Å². The third-order valence-electron chi connectivity index (χ3n) is 3.67. The second-order valence-corrected chi connectivity index (χ2v) is 6.20. The van der Waals surface area contributed by atoms with E-state index in [0.29, 0.717) is 6.54 Å². The molecule has 1 fully saturated rings. The van der Waals surface area contributed by atoms with E-state index in [9.17, 15) is 4.79 Å². The van der Waals surface area contributed by atoms with E-state index in [1.807, 2.05) is 0 Å². The average molecular weight is 275 g/mol. The standard InChI is InChI=1S/C16H25N3O/c1-16(2,17)15(20)18-11-13-5-7-14(8-6-13)12-19-9-3-4-10-19/h5-8H,3-4,9-12,17H2,1-2H3,(H,18,20). The van der Waals surface area contributed by atoms with Crippen LogP contribution in [0.1, 0.15) is 37.8 Å². The zero-order valence-electron chi connectivity index (χ0n) is 12.5. The Kier molecular flexibility index (Phi) is 4.78. The number of nitrogens with two attached hydrogens (primary N) is 1. The molecule has 4 heteroatoms. The topological polar surface area (TPSA) is 58.4 Å². The van der Waals surface area contributed by atoms with Gasteiger partial charge in [0, 0.05) is 13.1 Å². The Balaban J connectivity index is 1.83. The predicted molar refractivity (Wildman–Crippen MR) is 81.1 cm³/mol. The summed E-state index contributed by atoms with van der Waals surface area (Å²) in [4.78, 5) is 14.2. The average Bonchev–Trinajstić information content (AvgIpc) is 2.89. The van der Waals surface area contributed by atoms with E-state index < -0.39 is 5.54 Å². The van der Waals surface area contributed by atoms with Crippen LogP contribution >= 0.6 is 0 Å². The highest BCUT2D eigenvalue weighted by atomic mass is 16.2. The zero-order chi connectivity index (χ0) is 14.6. The Bertz CT molecular complexity index is 442. The molecule has 2 rings (SSSR count). The van der Waals surface area contributed by atoms with E-state index in [-0.39, 0.29) is 5.91 Å². The Morgan fingerprint density at radius 1 is 1.20 bits per heavy atom. The first kappa shape index (κ1) is 15.0. The van der Waals surface area contributed by atoms with Gasteiger partial charge in [-0.05, 0) is 50.9 Å². The van der Waals surface area contributed by atoms with Crippen LogP contribution in [0.2, 0.25) is 0 Å². The van der Waals surface area contributed by atoms with E-state index in [1.54, 1.807) is 13.8 Å². The van der Waals surface area contributed by atoms with Gasteiger partial charge in [-0.3, -0.25) is 9.69 Å².